The molecular weight excluding hydrogens is 232 g/mol. The molecule has 0 atom stereocenters. The van der Waals surface area contributed by atoms with E-state index in [-0.39, 0.29) is 5.57 Å². The molecule has 3 heteroatoms. The Labute approximate surface area is 85.0 Å². The first-order valence-corrected chi connectivity index (χ1v) is 4.54. The Morgan fingerprint density at radius 2 is 1.92 bits per heavy atom. The van der Waals surface area contributed by atoms with Gasteiger partial charge in [0.15, 0.2) is 0 Å². The molecule has 0 amide bonds. The number of halogens is 1. The second-order valence-corrected chi connectivity index (χ2v) is 3.63. The molecule has 1 aromatic rings. The van der Waals surface area contributed by atoms with E-state index in [1.807, 2.05) is 24.3 Å². The fourth-order valence-electron chi connectivity index (χ4n) is 0.924. The number of benzene rings is 1. The van der Waals surface area contributed by atoms with E-state index in [4.69, 9.17) is 5.11 Å². The molecule has 0 bridgehead atoms. The van der Waals surface area contributed by atoms with Gasteiger partial charge < -0.3 is 5.11 Å². The molecule has 1 N–H and O–H groups in total. The van der Waals surface area contributed by atoms with Crippen molar-refractivity contribution in [2.45, 2.75) is 6.42 Å². The highest BCUT2D eigenvalue weighted by atomic mass is 79.9. The lowest BCUT2D eigenvalue weighted by molar-refractivity contribution is -0.132. The molecule has 13 heavy (non-hydrogen) atoms. The Morgan fingerprint density at radius 1 is 1.38 bits per heavy atom. The maximum atomic E-state index is 10.5. The van der Waals surface area contributed by atoms with Crippen molar-refractivity contribution in [1.29, 1.82) is 0 Å². The van der Waals surface area contributed by atoms with E-state index in [1.54, 1.807) is 0 Å². The summed E-state index contributed by atoms with van der Waals surface area (Å²) in [6.45, 7) is 3.46. The summed E-state index contributed by atoms with van der Waals surface area (Å²) >= 11 is 3.30. The lowest BCUT2D eigenvalue weighted by Gasteiger charge is -2.00. The number of carboxylic acid groups (broad SMARTS) is 1. The maximum absolute atomic E-state index is 10.5. The Morgan fingerprint density at radius 3 is 2.38 bits per heavy atom. The second kappa shape index (κ2) is 4.23. The van der Waals surface area contributed by atoms with Crippen molar-refractivity contribution in [3.05, 3.63) is 46.5 Å². The molecule has 0 fully saturated rings. The van der Waals surface area contributed by atoms with Crippen molar-refractivity contribution < 1.29 is 9.90 Å². The molecule has 0 unspecified atom stereocenters. The van der Waals surface area contributed by atoms with Crippen LogP contribution in [-0.2, 0) is 11.2 Å². The van der Waals surface area contributed by atoms with E-state index < -0.39 is 5.97 Å². The molecule has 1 rings (SSSR count). The molecule has 0 aliphatic rings. The number of hydrogen-bond donors (Lipinski definition) is 1. The zero-order chi connectivity index (χ0) is 9.84. The van der Waals surface area contributed by atoms with Gasteiger partial charge in [-0.25, -0.2) is 4.79 Å². The lowest BCUT2D eigenvalue weighted by Crippen LogP contribution is -2.01. The van der Waals surface area contributed by atoms with Gasteiger partial charge in [0, 0.05) is 16.5 Å². The Hall–Kier alpha value is -1.09. The van der Waals surface area contributed by atoms with Crippen LogP contribution in [0.2, 0.25) is 0 Å². The number of hydrogen-bond acceptors (Lipinski definition) is 1. The van der Waals surface area contributed by atoms with E-state index in [9.17, 15) is 4.79 Å². The third-order valence-corrected chi connectivity index (χ3v) is 2.16. The zero-order valence-electron chi connectivity index (χ0n) is 6.96. The third kappa shape index (κ3) is 3.03. The SMILES string of the molecule is C=C(Cc1ccc(Br)cc1)C(=O)O. The van der Waals surface area contributed by atoms with Gasteiger partial charge in [-0.2, -0.15) is 0 Å². The monoisotopic (exact) mass is 240 g/mol. The van der Waals surface area contributed by atoms with Gasteiger partial charge in [-0.1, -0.05) is 34.6 Å². The second-order valence-electron chi connectivity index (χ2n) is 2.71. The summed E-state index contributed by atoms with van der Waals surface area (Å²) in [6.07, 6.45) is 0.391. The normalized spacial score (nSPS) is 9.62. The highest BCUT2D eigenvalue weighted by Gasteiger charge is 2.04. The predicted octanol–water partition coefficient (Wildman–Crippen LogP) is 2.63. The summed E-state index contributed by atoms with van der Waals surface area (Å²) in [4.78, 5) is 10.5. The standard InChI is InChI=1S/C10H9BrO2/c1-7(10(12)13)6-8-2-4-9(11)5-3-8/h2-5H,1,6H2,(H,12,13). The van der Waals surface area contributed by atoms with Crippen molar-refractivity contribution in [2.75, 3.05) is 0 Å². The average Bonchev–Trinajstić information content (AvgIpc) is 2.08. The molecule has 68 valence electrons. The summed E-state index contributed by atoms with van der Waals surface area (Å²) in [5, 5.41) is 8.59. The largest absolute Gasteiger partial charge is 0.478 e. The van der Waals surface area contributed by atoms with Crippen LogP contribution in [0.15, 0.2) is 40.9 Å². The number of aliphatic carboxylic acids is 1. The van der Waals surface area contributed by atoms with Crippen LogP contribution >= 0.6 is 15.9 Å². The van der Waals surface area contributed by atoms with Crippen molar-refractivity contribution >= 4 is 21.9 Å². The number of carboxylic acids is 1. The molecule has 0 saturated heterocycles. The Balaban J connectivity index is 2.70. The first-order chi connectivity index (χ1) is 6.09. The van der Waals surface area contributed by atoms with Crippen LogP contribution in [0.4, 0.5) is 0 Å². The minimum Gasteiger partial charge on any atom is -0.478 e. The summed E-state index contributed by atoms with van der Waals surface area (Å²) in [6, 6.07) is 7.51. The lowest BCUT2D eigenvalue weighted by atomic mass is 10.1. The van der Waals surface area contributed by atoms with Gasteiger partial charge in [-0.3, -0.25) is 0 Å². The van der Waals surface area contributed by atoms with Gasteiger partial charge in [-0.05, 0) is 17.7 Å². The smallest absolute Gasteiger partial charge is 0.331 e. The van der Waals surface area contributed by atoms with E-state index in [1.165, 1.54) is 0 Å². The number of carbonyl (C=O) groups is 1. The van der Waals surface area contributed by atoms with Gasteiger partial charge in [0.25, 0.3) is 0 Å². The average molecular weight is 241 g/mol. The van der Waals surface area contributed by atoms with Crippen molar-refractivity contribution in [2.24, 2.45) is 0 Å². The molecule has 0 radical (unpaired) electrons. The van der Waals surface area contributed by atoms with Gasteiger partial charge in [-0.15, -0.1) is 0 Å². The summed E-state index contributed by atoms with van der Waals surface area (Å²) < 4.78 is 0.984. The molecule has 0 aliphatic heterocycles. The minimum atomic E-state index is -0.942. The minimum absolute atomic E-state index is 0.210. The zero-order valence-corrected chi connectivity index (χ0v) is 8.54. The van der Waals surface area contributed by atoms with E-state index >= 15 is 0 Å². The molecule has 1 aromatic carbocycles. The van der Waals surface area contributed by atoms with Crippen LogP contribution in [0, 0.1) is 0 Å². The molecule has 0 aromatic heterocycles. The number of rotatable bonds is 3. The van der Waals surface area contributed by atoms with Crippen LogP contribution in [-0.4, -0.2) is 11.1 Å². The van der Waals surface area contributed by atoms with Gasteiger partial charge in [0.05, 0.1) is 0 Å². The maximum Gasteiger partial charge on any atom is 0.331 e. The first kappa shape index (κ1) is 9.99. The van der Waals surface area contributed by atoms with Crippen LogP contribution in [0.1, 0.15) is 5.56 Å². The van der Waals surface area contributed by atoms with Crippen LogP contribution in [0.3, 0.4) is 0 Å². The van der Waals surface area contributed by atoms with Crippen LogP contribution in [0.5, 0.6) is 0 Å². The topological polar surface area (TPSA) is 37.3 Å². The molecule has 0 heterocycles. The fraction of sp³-hybridized carbons (Fsp3) is 0.100. The summed E-state index contributed by atoms with van der Waals surface area (Å²) in [5.41, 5.74) is 1.16. The van der Waals surface area contributed by atoms with E-state index in [2.05, 4.69) is 22.5 Å². The van der Waals surface area contributed by atoms with E-state index in [0.29, 0.717) is 6.42 Å². The fourth-order valence-corrected chi connectivity index (χ4v) is 1.19. The highest BCUT2D eigenvalue weighted by molar-refractivity contribution is 9.10. The van der Waals surface area contributed by atoms with Crippen molar-refractivity contribution in [3.8, 4) is 0 Å². The first-order valence-electron chi connectivity index (χ1n) is 3.75. The van der Waals surface area contributed by atoms with Crippen molar-refractivity contribution in [1.82, 2.24) is 0 Å². The molecule has 0 aliphatic carbocycles. The quantitative estimate of drug-likeness (QED) is 0.826. The van der Waals surface area contributed by atoms with Crippen LogP contribution in [0.25, 0.3) is 0 Å². The molecule has 0 saturated carbocycles. The summed E-state index contributed by atoms with van der Waals surface area (Å²) in [5.74, 6) is -0.942. The highest BCUT2D eigenvalue weighted by Crippen LogP contribution is 2.12. The molecule has 2 nitrogen and oxygen atoms in total. The Bertz CT molecular complexity index is 327. The van der Waals surface area contributed by atoms with Gasteiger partial charge in [0.2, 0.25) is 0 Å². The summed E-state index contributed by atoms with van der Waals surface area (Å²) in [7, 11) is 0. The molecular formula is C10H9BrO2. The van der Waals surface area contributed by atoms with E-state index in [0.717, 1.165) is 10.0 Å². The van der Waals surface area contributed by atoms with Crippen LogP contribution < -0.4 is 0 Å². The van der Waals surface area contributed by atoms with Gasteiger partial charge >= 0.3 is 5.97 Å². The molecule has 0 spiro atoms. The Kier molecular flexibility index (Phi) is 3.25. The predicted molar refractivity (Wildman–Crippen MR) is 54.6 cm³/mol. The van der Waals surface area contributed by atoms with Gasteiger partial charge in [0.1, 0.15) is 0 Å². The van der Waals surface area contributed by atoms with Crippen molar-refractivity contribution in [3.63, 3.8) is 0 Å². The third-order valence-electron chi connectivity index (χ3n) is 1.63.